The van der Waals surface area contributed by atoms with Crippen LogP contribution in [0.3, 0.4) is 0 Å². The van der Waals surface area contributed by atoms with Crippen molar-refractivity contribution in [3.8, 4) is 0 Å². The van der Waals surface area contributed by atoms with Crippen molar-refractivity contribution in [3.05, 3.63) is 0 Å². The maximum absolute atomic E-state index is 11.6. The summed E-state index contributed by atoms with van der Waals surface area (Å²) in [6.07, 6.45) is 0.847. The lowest BCUT2D eigenvalue weighted by Crippen LogP contribution is -2.50. The van der Waals surface area contributed by atoms with Gasteiger partial charge in [0.2, 0.25) is 5.91 Å². The van der Waals surface area contributed by atoms with Crippen molar-refractivity contribution >= 4 is 11.9 Å². The summed E-state index contributed by atoms with van der Waals surface area (Å²) in [7, 11) is 2.07. The fourth-order valence-corrected chi connectivity index (χ4v) is 1.74. The van der Waals surface area contributed by atoms with Crippen molar-refractivity contribution in [2.24, 2.45) is 0 Å². The molecule has 0 bridgehead atoms. The summed E-state index contributed by atoms with van der Waals surface area (Å²) < 4.78 is 0. The average molecular weight is 256 g/mol. The van der Waals surface area contributed by atoms with Crippen molar-refractivity contribution in [1.29, 1.82) is 0 Å². The molecule has 0 unspecified atom stereocenters. The molecule has 1 rings (SSSR count). The smallest absolute Gasteiger partial charge is 0.321 e. The van der Waals surface area contributed by atoms with E-state index in [4.69, 9.17) is 0 Å². The molecule has 1 aliphatic rings. The van der Waals surface area contributed by atoms with E-state index < -0.39 is 6.03 Å². The van der Waals surface area contributed by atoms with Crippen LogP contribution in [0.4, 0.5) is 4.79 Å². The van der Waals surface area contributed by atoms with Crippen LogP contribution < -0.4 is 10.6 Å². The predicted octanol–water partition coefficient (Wildman–Crippen LogP) is -0.142. The van der Waals surface area contributed by atoms with Crippen LogP contribution in [0.25, 0.3) is 0 Å². The van der Waals surface area contributed by atoms with Gasteiger partial charge in [-0.05, 0) is 20.4 Å². The fourth-order valence-electron chi connectivity index (χ4n) is 1.74. The molecule has 1 fully saturated rings. The Morgan fingerprint density at radius 2 is 1.83 bits per heavy atom. The number of hydrogen-bond acceptors (Lipinski definition) is 4. The second-order valence-electron chi connectivity index (χ2n) is 4.91. The van der Waals surface area contributed by atoms with Crippen LogP contribution >= 0.6 is 0 Å². The Labute approximate surface area is 109 Å². The number of piperazine rings is 1. The van der Waals surface area contributed by atoms with Crippen LogP contribution in [0.2, 0.25) is 0 Å². The topological polar surface area (TPSA) is 64.7 Å². The molecule has 2 N–H and O–H groups in total. The molecule has 0 radical (unpaired) electrons. The Hall–Kier alpha value is -1.14. The van der Waals surface area contributed by atoms with E-state index in [1.54, 1.807) is 0 Å². The van der Waals surface area contributed by atoms with E-state index in [0.717, 1.165) is 32.6 Å². The van der Waals surface area contributed by atoms with E-state index in [2.05, 4.69) is 27.5 Å². The minimum Gasteiger partial charge on any atom is -0.335 e. The number of amides is 3. The third kappa shape index (κ3) is 5.46. The van der Waals surface area contributed by atoms with Gasteiger partial charge in [-0.1, -0.05) is 6.92 Å². The second kappa shape index (κ2) is 7.33. The van der Waals surface area contributed by atoms with Crippen LogP contribution in [0.5, 0.6) is 0 Å². The quantitative estimate of drug-likeness (QED) is 0.735. The number of nitrogens with one attached hydrogen (secondary N) is 2. The highest BCUT2D eigenvalue weighted by atomic mass is 16.2. The van der Waals surface area contributed by atoms with E-state index >= 15 is 0 Å². The number of rotatable bonds is 4. The largest absolute Gasteiger partial charge is 0.335 e. The molecule has 1 aliphatic heterocycles. The molecule has 18 heavy (non-hydrogen) atoms. The molecule has 1 saturated heterocycles. The van der Waals surface area contributed by atoms with Gasteiger partial charge < -0.3 is 10.2 Å². The maximum Gasteiger partial charge on any atom is 0.321 e. The number of imide groups is 1. The second-order valence-corrected chi connectivity index (χ2v) is 4.91. The van der Waals surface area contributed by atoms with Gasteiger partial charge >= 0.3 is 6.03 Å². The van der Waals surface area contributed by atoms with E-state index in [9.17, 15) is 9.59 Å². The summed E-state index contributed by atoms with van der Waals surface area (Å²) in [4.78, 5) is 27.4. The Morgan fingerprint density at radius 3 is 2.39 bits per heavy atom. The third-order valence-corrected chi connectivity index (χ3v) is 3.21. The molecule has 3 amide bonds. The number of urea groups is 1. The molecule has 6 heteroatoms. The molecule has 104 valence electrons. The van der Waals surface area contributed by atoms with Gasteiger partial charge in [0.1, 0.15) is 0 Å². The Morgan fingerprint density at radius 1 is 1.22 bits per heavy atom. The van der Waals surface area contributed by atoms with Gasteiger partial charge in [0.15, 0.2) is 0 Å². The molecule has 1 heterocycles. The number of carbonyl (C=O) groups excluding carboxylic acids is 2. The lowest BCUT2D eigenvalue weighted by atomic mass is 10.3. The molecule has 6 nitrogen and oxygen atoms in total. The van der Waals surface area contributed by atoms with Crippen LogP contribution in [0.1, 0.15) is 20.3 Å². The Bertz CT molecular complexity index is 288. The highest BCUT2D eigenvalue weighted by molar-refractivity contribution is 5.95. The van der Waals surface area contributed by atoms with E-state index in [1.165, 1.54) is 0 Å². The molecule has 0 saturated carbocycles. The first-order valence-electron chi connectivity index (χ1n) is 6.52. The van der Waals surface area contributed by atoms with Gasteiger partial charge in [-0.3, -0.25) is 15.0 Å². The van der Waals surface area contributed by atoms with Gasteiger partial charge in [0.25, 0.3) is 0 Å². The number of carbonyl (C=O) groups is 2. The first-order valence-corrected chi connectivity index (χ1v) is 6.52. The summed E-state index contributed by atoms with van der Waals surface area (Å²) >= 11 is 0. The zero-order valence-corrected chi connectivity index (χ0v) is 11.5. The molecule has 0 aliphatic carbocycles. The first kappa shape index (κ1) is 14.9. The molecular weight excluding hydrogens is 232 g/mol. The van der Waals surface area contributed by atoms with E-state index in [0.29, 0.717) is 6.54 Å². The highest BCUT2D eigenvalue weighted by Crippen LogP contribution is 1.98. The van der Waals surface area contributed by atoms with Crippen molar-refractivity contribution in [2.45, 2.75) is 26.3 Å². The zero-order valence-electron chi connectivity index (χ0n) is 11.5. The molecule has 1 atom stereocenters. The predicted molar refractivity (Wildman–Crippen MR) is 70.4 cm³/mol. The summed E-state index contributed by atoms with van der Waals surface area (Å²) in [6.45, 7) is 7.86. The molecule has 0 aromatic rings. The van der Waals surface area contributed by atoms with Crippen LogP contribution in [-0.2, 0) is 4.79 Å². The molecular formula is C12H24N4O2. The third-order valence-electron chi connectivity index (χ3n) is 3.21. The summed E-state index contributed by atoms with van der Waals surface area (Å²) in [5.74, 6) is -0.236. The first-order chi connectivity index (χ1) is 8.51. The SMILES string of the molecule is CC[C@H](C)NC(=O)NC(=O)CN1CCN(C)CC1. The summed E-state index contributed by atoms with van der Waals surface area (Å²) in [5.41, 5.74) is 0. The standard InChI is InChI=1S/C12H24N4O2/c1-4-10(2)13-12(18)14-11(17)9-16-7-5-15(3)6-8-16/h10H,4-9H2,1-3H3,(H2,13,14,17,18)/t10-/m0/s1. The highest BCUT2D eigenvalue weighted by Gasteiger charge is 2.17. The fraction of sp³-hybridized carbons (Fsp3) is 0.833. The maximum atomic E-state index is 11.6. The number of hydrogen-bond donors (Lipinski definition) is 2. The summed E-state index contributed by atoms with van der Waals surface area (Å²) in [6, 6.07) is -0.315. The Kier molecular flexibility index (Phi) is 6.07. The van der Waals surface area contributed by atoms with Gasteiger partial charge in [0.05, 0.1) is 6.54 Å². The molecule has 0 aromatic carbocycles. The van der Waals surface area contributed by atoms with Crippen molar-refractivity contribution in [2.75, 3.05) is 39.8 Å². The minimum atomic E-state index is -0.400. The van der Waals surface area contributed by atoms with E-state index in [-0.39, 0.29) is 11.9 Å². The van der Waals surface area contributed by atoms with Gasteiger partial charge in [-0.15, -0.1) is 0 Å². The van der Waals surface area contributed by atoms with Gasteiger partial charge in [-0.2, -0.15) is 0 Å². The average Bonchev–Trinajstić information content (AvgIpc) is 2.31. The van der Waals surface area contributed by atoms with Crippen LogP contribution in [-0.4, -0.2) is 67.6 Å². The zero-order chi connectivity index (χ0) is 13.5. The van der Waals surface area contributed by atoms with Crippen molar-refractivity contribution in [3.63, 3.8) is 0 Å². The number of nitrogens with zero attached hydrogens (tertiary/aromatic N) is 2. The van der Waals surface area contributed by atoms with Gasteiger partial charge in [0, 0.05) is 32.2 Å². The minimum absolute atomic E-state index is 0.0847. The van der Waals surface area contributed by atoms with Crippen LogP contribution in [0.15, 0.2) is 0 Å². The summed E-state index contributed by atoms with van der Waals surface area (Å²) in [5, 5.41) is 5.07. The lowest BCUT2D eigenvalue weighted by molar-refractivity contribution is -0.121. The monoisotopic (exact) mass is 256 g/mol. The van der Waals surface area contributed by atoms with Gasteiger partial charge in [-0.25, -0.2) is 4.79 Å². The normalized spacial score (nSPS) is 19.3. The van der Waals surface area contributed by atoms with Crippen LogP contribution in [0, 0.1) is 0 Å². The lowest BCUT2D eigenvalue weighted by Gasteiger charge is -2.31. The number of likely N-dealkylation sites (N-methyl/N-ethyl adjacent to an activating group) is 1. The van der Waals surface area contributed by atoms with E-state index in [1.807, 2.05) is 13.8 Å². The molecule has 0 aromatic heterocycles. The van der Waals surface area contributed by atoms with Crippen molar-refractivity contribution < 1.29 is 9.59 Å². The van der Waals surface area contributed by atoms with Crippen molar-refractivity contribution in [1.82, 2.24) is 20.4 Å². The molecule has 0 spiro atoms. The Balaban J connectivity index is 2.22.